The summed E-state index contributed by atoms with van der Waals surface area (Å²) in [5.41, 5.74) is -2.48. The first-order valence-electron chi connectivity index (χ1n) is 21.8. The van der Waals surface area contributed by atoms with E-state index in [1.54, 1.807) is 0 Å². The zero-order valence-corrected chi connectivity index (χ0v) is 37.3. The number of rotatable bonds is 28. The van der Waals surface area contributed by atoms with Gasteiger partial charge in [0.15, 0.2) is 18.0 Å². The number of hydrogen-bond acceptors (Lipinski definition) is 17. The van der Waals surface area contributed by atoms with Gasteiger partial charge in [-0.15, -0.1) is 0 Å². The standard InChI is InChI=1S/C42H69NO14S2/c1-30(2)42-36(41(46)13-10-34-33-28-54-35(44)32(33)9-12-39(34,3)40(41,4)56-37(42)57-42)55-38(45)53-26-25-51-24-23-50-22-21-49-20-19-48-18-17-47-16-14-43-29-52-15-7-5-6-8-31-11-27-58-59-31/h30-31,34,36-37,43,46H,5-29H2,1-4H3/t31?,34-,36-,37+,39-,40+,41+,42+/m0/s1. The minimum atomic E-state index is -1.56. The van der Waals surface area contributed by atoms with Crippen LogP contribution in [-0.4, -0.2) is 157 Å². The Labute approximate surface area is 358 Å². The number of nitrogens with one attached hydrogen (secondary N) is 1. The molecule has 0 amide bonds. The highest BCUT2D eigenvalue weighted by molar-refractivity contribution is 8.77. The Hall–Kier alpha value is -1.22. The van der Waals surface area contributed by atoms with Gasteiger partial charge in [0.1, 0.15) is 24.4 Å². The average molecular weight is 876 g/mol. The lowest BCUT2D eigenvalue weighted by atomic mass is 9.46. The van der Waals surface area contributed by atoms with Gasteiger partial charge in [0.25, 0.3) is 0 Å². The van der Waals surface area contributed by atoms with E-state index >= 15 is 0 Å². The summed E-state index contributed by atoms with van der Waals surface area (Å²) in [6.45, 7) is 14.6. The van der Waals surface area contributed by atoms with Crippen LogP contribution in [0, 0.1) is 17.3 Å². The first-order valence-corrected chi connectivity index (χ1v) is 24.2. The van der Waals surface area contributed by atoms with E-state index in [4.69, 9.17) is 52.1 Å². The minimum absolute atomic E-state index is 0.0103. The van der Waals surface area contributed by atoms with Crippen molar-refractivity contribution in [3.05, 3.63) is 11.1 Å². The van der Waals surface area contributed by atoms with Crippen molar-refractivity contribution in [2.24, 2.45) is 17.3 Å². The van der Waals surface area contributed by atoms with Gasteiger partial charge in [-0.05, 0) is 69.3 Å². The Kier molecular flexibility index (Phi) is 18.0. The smallest absolute Gasteiger partial charge is 0.458 e. The highest BCUT2D eigenvalue weighted by atomic mass is 33.1. The molecule has 2 aliphatic carbocycles. The van der Waals surface area contributed by atoms with Crippen LogP contribution in [0.25, 0.3) is 0 Å². The molecule has 4 fully saturated rings. The lowest BCUT2D eigenvalue weighted by Gasteiger charge is -2.65. The molecule has 59 heavy (non-hydrogen) atoms. The van der Waals surface area contributed by atoms with Gasteiger partial charge in [-0.2, -0.15) is 0 Å². The Morgan fingerprint density at radius 1 is 0.847 bits per heavy atom. The molecule has 1 unspecified atom stereocenters. The minimum Gasteiger partial charge on any atom is -0.458 e. The SMILES string of the molecule is CC(C)[C@]12O[C@H]1O[C@]1(C)[C@@]3(C)CCC4=C(COC4=O)[C@@H]3CC[C@@]1(O)[C@@H]2OC(=O)OCCOCCOCCOCCOCCOCCNCOCCCCCC1CCSS1. The van der Waals surface area contributed by atoms with Crippen LogP contribution in [-0.2, 0) is 56.9 Å². The third-order valence-corrected chi connectivity index (χ3v) is 16.3. The van der Waals surface area contributed by atoms with Gasteiger partial charge in [-0.25, -0.2) is 9.59 Å². The van der Waals surface area contributed by atoms with Gasteiger partial charge in [-0.3, -0.25) is 5.32 Å². The molecule has 0 aromatic carbocycles. The predicted octanol–water partition coefficient (Wildman–Crippen LogP) is 5.20. The maximum Gasteiger partial charge on any atom is 0.508 e. The average Bonchev–Trinajstić information content (AvgIpc) is 3.48. The fourth-order valence-corrected chi connectivity index (χ4v) is 12.7. The van der Waals surface area contributed by atoms with Crippen molar-refractivity contribution in [2.45, 2.75) is 120 Å². The van der Waals surface area contributed by atoms with Crippen molar-refractivity contribution < 1.29 is 66.8 Å². The summed E-state index contributed by atoms with van der Waals surface area (Å²) in [4.78, 5) is 25.5. The Balaban J connectivity index is 0.745. The largest absolute Gasteiger partial charge is 0.508 e. The third-order valence-electron chi connectivity index (χ3n) is 13.3. The van der Waals surface area contributed by atoms with Crippen LogP contribution >= 0.6 is 21.6 Å². The van der Waals surface area contributed by atoms with Crippen molar-refractivity contribution >= 4 is 33.7 Å². The molecule has 0 spiro atoms. The van der Waals surface area contributed by atoms with Crippen LogP contribution in [0.4, 0.5) is 4.79 Å². The Morgan fingerprint density at radius 3 is 2.19 bits per heavy atom. The number of hydrogen-bond donors (Lipinski definition) is 2. The van der Waals surface area contributed by atoms with Crippen LogP contribution in [0.3, 0.4) is 0 Å². The van der Waals surface area contributed by atoms with Crippen LogP contribution in [0.1, 0.15) is 85.5 Å². The molecule has 8 atom stereocenters. The summed E-state index contributed by atoms with van der Waals surface area (Å²) < 4.78 is 63.2. The second-order valence-corrected chi connectivity index (χ2v) is 19.8. The normalized spacial score (nSPS) is 33.4. The molecule has 17 heteroatoms. The van der Waals surface area contributed by atoms with E-state index < -0.39 is 40.8 Å². The summed E-state index contributed by atoms with van der Waals surface area (Å²) in [7, 11) is 4.08. The van der Waals surface area contributed by atoms with E-state index in [1.807, 2.05) is 31.6 Å². The van der Waals surface area contributed by atoms with Gasteiger partial charge in [0, 0.05) is 35.1 Å². The number of carbonyl (C=O) groups is 2. The summed E-state index contributed by atoms with van der Waals surface area (Å²) in [5.74, 6) is 0.946. The number of ether oxygens (including phenoxy) is 11. The van der Waals surface area contributed by atoms with E-state index in [-0.39, 0.29) is 37.6 Å². The van der Waals surface area contributed by atoms with Gasteiger partial charge in [-0.1, -0.05) is 55.2 Å². The Morgan fingerprint density at radius 2 is 1.53 bits per heavy atom. The van der Waals surface area contributed by atoms with E-state index in [9.17, 15) is 14.7 Å². The van der Waals surface area contributed by atoms with Gasteiger partial charge in [0.05, 0.1) is 72.8 Å². The molecule has 0 radical (unpaired) electrons. The van der Waals surface area contributed by atoms with Crippen molar-refractivity contribution in [1.29, 1.82) is 0 Å². The van der Waals surface area contributed by atoms with Crippen molar-refractivity contribution in [3.8, 4) is 0 Å². The molecule has 0 aromatic heterocycles. The zero-order valence-electron chi connectivity index (χ0n) is 35.6. The lowest BCUT2D eigenvalue weighted by Crippen LogP contribution is -2.78. The molecule has 1 saturated carbocycles. The van der Waals surface area contributed by atoms with Crippen LogP contribution in [0.5, 0.6) is 0 Å². The zero-order chi connectivity index (χ0) is 41.8. The van der Waals surface area contributed by atoms with Crippen LogP contribution < -0.4 is 5.32 Å². The number of epoxide rings is 1. The summed E-state index contributed by atoms with van der Waals surface area (Å²) in [6, 6.07) is 0. The van der Waals surface area contributed by atoms with Crippen LogP contribution in [0.15, 0.2) is 11.1 Å². The molecular weight excluding hydrogens is 807 g/mol. The molecule has 338 valence electrons. The fourth-order valence-electron chi connectivity index (χ4n) is 9.66. The van der Waals surface area contributed by atoms with Gasteiger partial charge < -0.3 is 57.2 Å². The second-order valence-electron chi connectivity index (χ2n) is 17.0. The first-order chi connectivity index (χ1) is 28.6. The maximum atomic E-state index is 13.1. The van der Waals surface area contributed by atoms with Crippen molar-refractivity contribution in [3.63, 3.8) is 0 Å². The van der Waals surface area contributed by atoms with E-state index in [1.165, 1.54) is 31.4 Å². The molecule has 0 bridgehead atoms. The molecule has 15 nitrogen and oxygen atoms in total. The topological polar surface area (TPSA) is 171 Å². The molecule has 6 rings (SSSR count). The first kappa shape index (κ1) is 47.3. The third kappa shape index (κ3) is 11.1. The van der Waals surface area contributed by atoms with E-state index in [0.717, 1.165) is 36.0 Å². The number of unbranched alkanes of at least 4 members (excludes halogenated alkanes) is 2. The number of cyclic esters (lactones) is 1. The highest BCUT2D eigenvalue weighted by Crippen LogP contribution is 2.70. The molecule has 4 heterocycles. The lowest BCUT2D eigenvalue weighted by molar-refractivity contribution is -0.328. The van der Waals surface area contributed by atoms with Crippen molar-refractivity contribution in [1.82, 2.24) is 5.32 Å². The molecule has 0 aromatic rings. The maximum absolute atomic E-state index is 13.1. The number of aliphatic hydroxyl groups is 1. The monoisotopic (exact) mass is 875 g/mol. The second kappa shape index (κ2) is 22.4. The molecule has 6 aliphatic rings. The Bertz CT molecular complexity index is 1390. The molecule has 4 aliphatic heterocycles. The highest BCUT2D eigenvalue weighted by Gasteiger charge is 2.83. The van der Waals surface area contributed by atoms with Gasteiger partial charge >= 0.3 is 12.1 Å². The fraction of sp³-hybridized carbons (Fsp3) is 0.905. The van der Waals surface area contributed by atoms with Crippen molar-refractivity contribution in [2.75, 3.05) is 105 Å². The van der Waals surface area contributed by atoms with Crippen LogP contribution in [0.2, 0.25) is 0 Å². The molecule has 2 N–H and O–H groups in total. The predicted molar refractivity (Wildman–Crippen MR) is 221 cm³/mol. The number of fused-ring (bicyclic) bond motifs is 5. The van der Waals surface area contributed by atoms with E-state index in [2.05, 4.69) is 23.0 Å². The number of carbonyl (C=O) groups excluding carboxylic acids is 2. The van der Waals surface area contributed by atoms with Gasteiger partial charge in [0.2, 0.25) is 0 Å². The summed E-state index contributed by atoms with van der Waals surface area (Å²) in [6.07, 6.45) is 5.88. The quantitative estimate of drug-likeness (QED) is 0.0345. The van der Waals surface area contributed by atoms with E-state index in [0.29, 0.717) is 91.9 Å². The molecular formula is C42H69NO14S2. The number of esters is 1. The molecule has 3 saturated heterocycles. The summed E-state index contributed by atoms with van der Waals surface area (Å²) >= 11 is 0. The summed E-state index contributed by atoms with van der Waals surface area (Å²) in [5, 5.41) is 16.7.